The third-order valence-corrected chi connectivity index (χ3v) is 4.28. The second kappa shape index (κ2) is 6.99. The number of primary amides is 1. The summed E-state index contributed by atoms with van der Waals surface area (Å²) in [6, 6.07) is -0.693. The van der Waals surface area contributed by atoms with Crippen molar-refractivity contribution in [3.05, 3.63) is 0 Å². The molecule has 0 unspecified atom stereocenters. The first-order valence-corrected chi connectivity index (χ1v) is 8.35. The summed E-state index contributed by atoms with van der Waals surface area (Å²) in [6.45, 7) is 9.28. The molecule has 1 aliphatic carbocycles. The molecule has 1 fully saturated rings. The molecule has 0 saturated heterocycles. The molecule has 0 heterocycles. The van der Waals surface area contributed by atoms with E-state index in [-0.39, 0.29) is 11.8 Å². The average Bonchev–Trinajstić information content (AvgIpc) is 3.21. The van der Waals surface area contributed by atoms with Crippen molar-refractivity contribution in [2.75, 3.05) is 14.1 Å². The summed E-state index contributed by atoms with van der Waals surface area (Å²) in [7, 11) is 3.13. The third-order valence-electron chi connectivity index (χ3n) is 4.28. The number of hydrogen-bond acceptors (Lipinski definition) is 4. The van der Waals surface area contributed by atoms with E-state index in [4.69, 9.17) is 10.5 Å². The number of likely N-dealkylation sites (N-methyl/N-ethyl adjacent to an activating group) is 2. The van der Waals surface area contributed by atoms with E-state index in [0.717, 1.165) is 0 Å². The van der Waals surface area contributed by atoms with Gasteiger partial charge in [0, 0.05) is 14.1 Å². The minimum absolute atomic E-state index is 0.195. The summed E-state index contributed by atoms with van der Waals surface area (Å²) in [6.07, 6.45) is 1.05. The zero-order valence-electron chi connectivity index (χ0n) is 15.9. The van der Waals surface area contributed by atoms with Crippen LogP contribution in [0, 0.1) is 5.92 Å². The Labute approximate surface area is 144 Å². The smallest absolute Gasteiger partial charge is 0.410 e. The SMILES string of the molecule is CC(C)C[C@@H](C(=O)N(C)C1(C(N)=O)CC1)N(C)C(=O)OC(C)(C)C. The predicted molar refractivity (Wildman–Crippen MR) is 91.2 cm³/mol. The molecule has 7 heteroatoms. The van der Waals surface area contributed by atoms with Crippen LogP contribution >= 0.6 is 0 Å². The quantitative estimate of drug-likeness (QED) is 0.796. The number of nitrogens with zero attached hydrogens (tertiary/aromatic N) is 2. The molecule has 1 saturated carbocycles. The van der Waals surface area contributed by atoms with Crippen molar-refractivity contribution in [1.29, 1.82) is 0 Å². The molecule has 1 rings (SSSR count). The number of rotatable bonds is 6. The molecule has 0 spiro atoms. The van der Waals surface area contributed by atoms with Gasteiger partial charge in [-0.3, -0.25) is 14.5 Å². The van der Waals surface area contributed by atoms with Crippen molar-refractivity contribution < 1.29 is 19.1 Å². The van der Waals surface area contributed by atoms with Crippen LogP contribution in [-0.2, 0) is 14.3 Å². The van der Waals surface area contributed by atoms with Gasteiger partial charge >= 0.3 is 6.09 Å². The lowest BCUT2D eigenvalue weighted by Crippen LogP contribution is -2.56. The Morgan fingerprint density at radius 1 is 1.17 bits per heavy atom. The summed E-state index contributed by atoms with van der Waals surface area (Å²) in [4.78, 5) is 39.7. The molecular weight excluding hydrogens is 310 g/mol. The molecule has 0 aromatic rings. The molecule has 1 aliphatic rings. The molecule has 24 heavy (non-hydrogen) atoms. The number of carbonyl (C=O) groups is 3. The predicted octanol–water partition coefficient (Wildman–Crippen LogP) is 1.74. The van der Waals surface area contributed by atoms with Crippen LogP contribution in [-0.4, -0.2) is 59.0 Å². The first-order valence-electron chi connectivity index (χ1n) is 8.35. The number of carbonyl (C=O) groups excluding carboxylic acids is 3. The molecule has 0 aromatic heterocycles. The highest BCUT2D eigenvalue weighted by atomic mass is 16.6. The fourth-order valence-electron chi connectivity index (χ4n) is 2.63. The zero-order chi connectivity index (χ0) is 18.9. The van der Waals surface area contributed by atoms with Crippen molar-refractivity contribution in [2.45, 2.75) is 71.1 Å². The van der Waals surface area contributed by atoms with Gasteiger partial charge in [-0.2, -0.15) is 0 Å². The lowest BCUT2D eigenvalue weighted by molar-refractivity contribution is -0.143. The van der Waals surface area contributed by atoms with E-state index in [0.29, 0.717) is 19.3 Å². The fraction of sp³-hybridized carbons (Fsp3) is 0.824. The Bertz CT molecular complexity index is 506. The summed E-state index contributed by atoms with van der Waals surface area (Å²) < 4.78 is 5.37. The van der Waals surface area contributed by atoms with Crippen molar-refractivity contribution >= 4 is 17.9 Å². The van der Waals surface area contributed by atoms with Gasteiger partial charge in [0.15, 0.2) is 0 Å². The average molecular weight is 341 g/mol. The van der Waals surface area contributed by atoms with Gasteiger partial charge in [0.05, 0.1) is 0 Å². The molecule has 2 N–H and O–H groups in total. The second-order valence-corrected chi connectivity index (χ2v) is 8.03. The largest absolute Gasteiger partial charge is 0.444 e. The van der Waals surface area contributed by atoms with E-state index in [1.165, 1.54) is 9.80 Å². The summed E-state index contributed by atoms with van der Waals surface area (Å²) >= 11 is 0. The van der Waals surface area contributed by atoms with Gasteiger partial charge in [-0.05, 0) is 46.0 Å². The highest BCUT2D eigenvalue weighted by molar-refractivity contribution is 5.95. The molecule has 0 aromatic carbocycles. The van der Waals surface area contributed by atoms with Gasteiger partial charge in [-0.25, -0.2) is 4.79 Å². The Kier molecular flexibility index (Phi) is 5.90. The van der Waals surface area contributed by atoms with Gasteiger partial charge in [0.1, 0.15) is 17.2 Å². The molecule has 3 amide bonds. The summed E-state index contributed by atoms with van der Waals surface area (Å²) in [5.41, 5.74) is 3.91. The molecule has 0 bridgehead atoms. The van der Waals surface area contributed by atoms with E-state index in [1.54, 1.807) is 34.9 Å². The van der Waals surface area contributed by atoms with Crippen LogP contribution in [0.25, 0.3) is 0 Å². The van der Waals surface area contributed by atoms with Crippen molar-refractivity contribution in [1.82, 2.24) is 9.80 Å². The van der Waals surface area contributed by atoms with Gasteiger partial charge in [-0.1, -0.05) is 13.8 Å². The van der Waals surface area contributed by atoms with E-state index < -0.39 is 29.2 Å². The summed E-state index contributed by atoms with van der Waals surface area (Å²) in [5.74, 6) is -0.587. The van der Waals surface area contributed by atoms with E-state index in [2.05, 4.69) is 0 Å². The minimum Gasteiger partial charge on any atom is -0.444 e. The summed E-state index contributed by atoms with van der Waals surface area (Å²) in [5, 5.41) is 0. The first kappa shape index (κ1) is 20.3. The van der Waals surface area contributed by atoms with Crippen LogP contribution in [0.2, 0.25) is 0 Å². The standard InChI is InChI=1S/C17H31N3O4/c1-11(2)10-12(19(6)15(23)24-16(3,4)5)13(21)20(7)17(8-9-17)14(18)22/h11-12H,8-10H2,1-7H3,(H2,18,22)/t12-/m0/s1. The highest BCUT2D eigenvalue weighted by Gasteiger charge is 2.55. The van der Waals surface area contributed by atoms with E-state index in [1.807, 2.05) is 13.8 Å². The second-order valence-electron chi connectivity index (χ2n) is 8.03. The van der Waals surface area contributed by atoms with E-state index in [9.17, 15) is 14.4 Å². The van der Waals surface area contributed by atoms with Crippen LogP contribution in [0.1, 0.15) is 53.9 Å². The zero-order valence-corrected chi connectivity index (χ0v) is 15.9. The van der Waals surface area contributed by atoms with Crippen LogP contribution in [0.3, 0.4) is 0 Å². The van der Waals surface area contributed by atoms with Crippen molar-refractivity contribution in [3.63, 3.8) is 0 Å². The molecule has 7 nitrogen and oxygen atoms in total. The molecule has 0 aliphatic heterocycles. The third kappa shape index (κ3) is 4.61. The molecule has 1 atom stereocenters. The Morgan fingerprint density at radius 3 is 2.00 bits per heavy atom. The Morgan fingerprint density at radius 2 is 1.67 bits per heavy atom. The van der Waals surface area contributed by atoms with Crippen LogP contribution in [0.5, 0.6) is 0 Å². The minimum atomic E-state index is -0.902. The number of hydrogen-bond donors (Lipinski definition) is 1. The van der Waals surface area contributed by atoms with Crippen LogP contribution < -0.4 is 5.73 Å². The van der Waals surface area contributed by atoms with Crippen LogP contribution in [0.15, 0.2) is 0 Å². The molecule has 138 valence electrons. The van der Waals surface area contributed by atoms with Gasteiger partial charge < -0.3 is 15.4 Å². The van der Waals surface area contributed by atoms with Gasteiger partial charge in [0.2, 0.25) is 11.8 Å². The number of ether oxygens (including phenoxy) is 1. The fourth-order valence-corrected chi connectivity index (χ4v) is 2.63. The number of nitrogens with two attached hydrogens (primary N) is 1. The lowest BCUT2D eigenvalue weighted by atomic mass is 10.0. The van der Waals surface area contributed by atoms with Gasteiger partial charge in [-0.15, -0.1) is 0 Å². The van der Waals surface area contributed by atoms with Crippen molar-refractivity contribution in [3.8, 4) is 0 Å². The van der Waals surface area contributed by atoms with Gasteiger partial charge in [0.25, 0.3) is 0 Å². The Hall–Kier alpha value is -1.79. The first-order chi connectivity index (χ1) is 10.8. The van der Waals surface area contributed by atoms with Crippen LogP contribution in [0.4, 0.5) is 4.79 Å². The molecular formula is C17H31N3O4. The van der Waals surface area contributed by atoms with Crippen molar-refractivity contribution in [2.24, 2.45) is 11.7 Å². The van der Waals surface area contributed by atoms with E-state index >= 15 is 0 Å². The topological polar surface area (TPSA) is 92.9 Å². The highest BCUT2D eigenvalue weighted by Crippen LogP contribution is 2.41. The lowest BCUT2D eigenvalue weighted by Gasteiger charge is -2.35. The monoisotopic (exact) mass is 341 g/mol. The number of amides is 3. The maximum atomic E-state index is 13.0. The maximum absolute atomic E-state index is 13.0. The molecule has 0 radical (unpaired) electrons. The maximum Gasteiger partial charge on any atom is 0.410 e. The normalized spacial score (nSPS) is 17.2. The Balaban J connectivity index is 2.97.